The molecule has 0 spiro atoms. The van der Waals surface area contributed by atoms with Crippen LogP contribution >= 0.6 is 23.1 Å². The molecule has 1 heterocycles. The molecule has 0 aliphatic heterocycles. The third-order valence-electron chi connectivity index (χ3n) is 4.59. The summed E-state index contributed by atoms with van der Waals surface area (Å²) in [6.07, 6.45) is 0.423. The number of benzene rings is 2. The van der Waals surface area contributed by atoms with E-state index in [2.05, 4.69) is 16.7 Å². The van der Waals surface area contributed by atoms with Crippen molar-refractivity contribution in [1.29, 1.82) is 5.26 Å². The average molecular weight is 450 g/mol. The van der Waals surface area contributed by atoms with Gasteiger partial charge >= 0.3 is 0 Å². The van der Waals surface area contributed by atoms with Crippen LogP contribution in [-0.4, -0.2) is 30.2 Å². The zero-order valence-electron chi connectivity index (χ0n) is 16.9. The Bertz CT molecular complexity index is 1030. The zero-order chi connectivity index (χ0) is 21.9. The smallest absolute Gasteiger partial charge is 0.262 e. The van der Waals surface area contributed by atoms with E-state index in [1.807, 2.05) is 66.0 Å². The number of thiophene rings is 1. The number of amides is 2. The number of rotatable bonds is 10. The van der Waals surface area contributed by atoms with Gasteiger partial charge in [-0.2, -0.15) is 17.0 Å². The molecule has 0 aliphatic rings. The maximum atomic E-state index is 12.8. The van der Waals surface area contributed by atoms with E-state index >= 15 is 0 Å². The van der Waals surface area contributed by atoms with Crippen LogP contribution in [0.25, 0.3) is 0 Å². The number of nitrogens with zero attached hydrogens (tertiary/aromatic N) is 1. The van der Waals surface area contributed by atoms with E-state index in [1.54, 1.807) is 17.8 Å². The largest absolute Gasteiger partial charge is 0.353 e. The standard InChI is InChI=1S/C24H23N3O2S2/c25-16-19-9-4-5-10-20(19)17-30-14-12-26-23(28)21(15-18-7-2-1-3-8-18)27-24(29)22-11-6-13-31-22/h1-11,13,21H,12,14-15,17H2,(H,26,28)(H,27,29)/t21-/m0/s1. The first-order valence-corrected chi connectivity index (χ1v) is 11.9. The summed E-state index contributed by atoms with van der Waals surface area (Å²) in [5.41, 5.74) is 2.65. The summed E-state index contributed by atoms with van der Waals surface area (Å²) in [5.74, 6) is 0.977. The van der Waals surface area contributed by atoms with Crippen molar-refractivity contribution in [3.8, 4) is 6.07 Å². The summed E-state index contributed by atoms with van der Waals surface area (Å²) in [6, 6.07) is 22.3. The van der Waals surface area contributed by atoms with Crippen LogP contribution in [0.2, 0.25) is 0 Å². The number of carbonyl (C=O) groups is 2. The van der Waals surface area contributed by atoms with Crippen molar-refractivity contribution in [2.45, 2.75) is 18.2 Å². The Hall–Kier alpha value is -3.08. The van der Waals surface area contributed by atoms with Crippen LogP contribution < -0.4 is 10.6 Å². The van der Waals surface area contributed by atoms with Gasteiger partial charge in [-0.3, -0.25) is 9.59 Å². The minimum Gasteiger partial charge on any atom is -0.353 e. The minimum absolute atomic E-state index is 0.202. The van der Waals surface area contributed by atoms with E-state index in [-0.39, 0.29) is 11.8 Å². The van der Waals surface area contributed by atoms with Crippen LogP contribution in [0, 0.1) is 11.3 Å². The van der Waals surface area contributed by atoms with E-state index in [4.69, 9.17) is 5.26 Å². The second-order valence-corrected chi connectivity index (χ2v) is 8.86. The molecule has 0 unspecified atom stereocenters. The summed E-state index contributed by atoms with van der Waals surface area (Å²) in [6.45, 7) is 0.485. The number of hydrogen-bond donors (Lipinski definition) is 2. The van der Waals surface area contributed by atoms with E-state index < -0.39 is 6.04 Å². The molecule has 3 rings (SSSR count). The molecular weight excluding hydrogens is 426 g/mol. The van der Waals surface area contributed by atoms with E-state index in [9.17, 15) is 9.59 Å². The lowest BCUT2D eigenvalue weighted by atomic mass is 10.1. The molecule has 1 atom stereocenters. The second-order valence-electron chi connectivity index (χ2n) is 6.81. The predicted molar refractivity (Wildman–Crippen MR) is 126 cm³/mol. The van der Waals surface area contributed by atoms with Gasteiger partial charge in [0.15, 0.2) is 0 Å². The summed E-state index contributed by atoms with van der Waals surface area (Å²) in [4.78, 5) is 25.9. The van der Waals surface area contributed by atoms with Gasteiger partial charge in [-0.25, -0.2) is 0 Å². The number of thioether (sulfide) groups is 1. The predicted octanol–water partition coefficient (Wildman–Crippen LogP) is 4.01. The first-order chi connectivity index (χ1) is 15.2. The maximum Gasteiger partial charge on any atom is 0.262 e. The highest BCUT2D eigenvalue weighted by molar-refractivity contribution is 7.98. The fourth-order valence-electron chi connectivity index (χ4n) is 3.00. The van der Waals surface area contributed by atoms with Crippen molar-refractivity contribution < 1.29 is 9.59 Å². The molecule has 0 radical (unpaired) electrons. The third kappa shape index (κ3) is 6.99. The Morgan fingerprint density at radius 2 is 1.81 bits per heavy atom. The second kappa shape index (κ2) is 11.9. The Morgan fingerprint density at radius 1 is 1.03 bits per heavy atom. The Labute approximate surface area is 190 Å². The zero-order valence-corrected chi connectivity index (χ0v) is 18.5. The van der Waals surface area contributed by atoms with Gasteiger partial charge in [-0.15, -0.1) is 11.3 Å². The quantitative estimate of drug-likeness (QED) is 0.458. The van der Waals surface area contributed by atoms with Crippen molar-refractivity contribution in [3.05, 3.63) is 93.7 Å². The molecule has 3 aromatic rings. The van der Waals surface area contributed by atoms with Gasteiger partial charge in [0.1, 0.15) is 6.04 Å². The van der Waals surface area contributed by atoms with Crippen LogP contribution in [-0.2, 0) is 17.0 Å². The molecule has 31 heavy (non-hydrogen) atoms. The fraction of sp³-hybridized carbons (Fsp3) is 0.208. The van der Waals surface area contributed by atoms with Crippen molar-refractivity contribution >= 4 is 34.9 Å². The number of carbonyl (C=O) groups excluding carboxylic acids is 2. The van der Waals surface area contributed by atoms with Gasteiger partial charge in [0, 0.05) is 24.5 Å². The summed E-state index contributed by atoms with van der Waals surface area (Å²) < 4.78 is 0. The summed E-state index contributed by atoms with van der Waals surface area (Å²) in [7, 11) is 0. The third-order valence-corrected chi connectivity index (χ3v) is 6.47. The summed E-state index contributed by atoms with van der Waals surface area (Å²) >= 11 is 3.00. The lowest BCUT2D eigenvalue weighted by Crippen LogP contribution is -2.48. The summed E-state index contributed by atoms with van der Waals surface area (Å²) in [5, 5.41) is 16.8. The fourth-order valence-corrected chi connectivity index (χ4v) is 4.49. The van der Waals surface area contributed by atoms with Gasteiger partial charge in [0.2, 0.25) is 5.91 Å². The highest BCUT2D eigenvalue weighted by atomic mass is 32.2. The van der Waals surface area contributed by atoms with Crippen LogP contribution in [0.3, 0.4) is 0 Å². The van der Waals surface area contributed by atoms with Gasteiger partial charge in [0.25, 0.3) is 5.91 Å². The van der Waals surface area contributed by atoms with Crippen LogP contribution in [0.1, 0.15) is 26.4 Å². The van der Waals surface area contributed by atoms with Crippen LogP contribution in [0.15, 0.2) is 72.1 Å². The Balaban J connectivity index is 1.52. The van der Waals surface area contributed by atoms with Crippen molar-refractivity contribution in [3.63, 3.8) is 0 Å². The van der Waals surface area contributed by atoms with Gasteiger partial charge in [-0.05, 0) is 28.6 Å². The number of nitrogens with one attached hydrogen (secondary N) is 2. The number of nitriles is 1. The molecular formula is C24H23N3O2S2. The average Bonchev–Trinajstić information content (AvgIpc) is 3.34. The molecule has 2 amide bonds. The monoisotopic (exact) mass is 449 g/mol. The van der Waals surface area contributed by atoms with E-state index in [0.717, 1.165) is 11.1 Å². The van der Waals surface area contributed by atoms with Crippen LogP contribution in [0.4, 0.5) is 0 Å². The van der Waals surface area contributed by atoms with Crippen LogP contribution in [0.5, 0.6) is 0 Å². The topological polar surface area (TPSA) is 82.0 Å². The van der Waals surface area contributed by atoms with Gasteiger partial charge < -0.3 is 10.6 Å². The highest BCUT2D eigenvalue weighted by Crippen LogP contribution is 2.15. The molecule has 2 N–H and O–H groups in total. The number of hydrogen-bond acceptors (Lipinski definition) is 5. The normalized spacial score (nSPS) is 11.3. The minimum atomic E-state index is -0.652. The first-order valence-electron chi connectivity index (χ1n) is 9.89. The molecule has 5 nitrogen and oxygen atoms in total. The molecule has 0 saturated carbocycles. The molecule has 1 aromatic heterocycles. The van der Waals surface area contributed by atoms with Gasteiger partial charge in [0.05, 0.1) is 16.5 Å². The van der Waals surface area contributed by atoms with Crippen molar-refractivity contribution in [1.82, 2.24) is 10.6 Å². The SMILES string of the molecule is N#Cc1ccccc1CSCCNC(=O)[C@H](Cc1ccccc1)NC(=O)c1cccs1. The molecule has 158 valence electrons. The van der Waals surface area contributed by atoms with E-state index in [1.165, 1.54) is 11.3 Å². The molecule has 7 heteroatoms. The molecule has 0 fully saturated rings. The van der Waals surface area contributed by atoms with E-state index in [0.29, 0.717) is 34.9 Å². The molecule has 0 bridgehead atoms. The van der Waals surface area contributed by atoms with Crippen molar-refractivity contribution in [2.24, 2.45) is 0 Å². The van der Waals surface area contributed by atoms with Crippen molar-refractivity contribution in [2.75, 3.05) is 12.3 Å². The lowest BCUT2D eigenvalue weighted by molar-refractivity contribution is -0.122. The first kappa shape index (κ1) is 22.6. The highest BCUT2D eigenvalue weighted by Gasteiger charge is 2.22. The molecule has 0 saturated heterocycles. The lowest BCUT2D eigenvalue weighted by Gasteiger charge is -2.18. The maximum absolute atomic E-state index is 12.8. The molecule has 0 aliphatic carbocycles. The Kier molecular flexibility index (Phi) is 8.71. The Morgan fingerprint density at radius 3 is 2.55 bits per heavy atom. The van der Waals surface area contributed by atoms with Gasteiger partial charge in [-0.1, -0.05) is 54.6 Å². The molecule has 2 aromatic carbocycles.